The molecule has 0 atom stereocenters. The van der Waals surface area contributed by atoms with Gasteiger partial charge >= 0.3 is 11.9 Å². The van der Waals surface area contributed by atoms with Crippen molar-refractivity contribution in [2.75, 3.05) is 11.9 Å². The molecular formula is C18H15BrN2O5. The number of aromatic carboxylic acids is 2. The van der Waals surface area contributed by atoms with Crippen molar-refractivity contribution < 1.29 is 24.5 Å². The molecule has 2 aromatic heterocycles. The Morgan fingerprint density at radius 3 is 2.35 bits per heavy atom. The number of ether oxygens (including phenoxy) is 1. The van der Waals surface area contributed by atoms with Gasteiger partial charge in [-0.15, -0.1) is 0 Å². The highest BCUT2D eigenvalue weighted by Crippen LogP contribution is 2.31. The number of nitrogens with zero attached hydrogens (tertiary/aromatic N) is 2. The van der Waals surface area contributed by atoms with Gasteiger partial charge in [-0.2, -0.15) is 0 Å². The fourth-order valence-corrected chi connectivity index (χ4v) is 2.96. The second-order valence-electron chi connectivity index (χ2n) is 5.59. The predicted molar refractivity (Wildman–Crippen MR) is 99.5 cm³/mol. The average Bonchev–Trinajstić information content (AvgIpc) is 2.64. The number of hydrogen-bond donors (Lipinski definition) is 2. The summed E-state index contributed by atoms with van der Waals surface area (Å²) in [5.41, 5.74) is 0.326. The summed E-state index contributed by atoms with van der Waals surface area (Å²) in [4.78, 5) is 31.0. The number of rotatable bonds is 7. The van der Waals surface area contributed by atoms with E-state index in [9.17, 15) is 19.8 Å². The number of alkyl halides is 1. The summed E-state index contributed by atoms with van der Waals surface area (Å²) >= 11 is 3.35. The molecule has 134 valence electrons. The predicted octanol–water partition coefficient (Wildman–Crippen LogP) is 3.73. The summed E-state index contributed by atoms with van der Waals surface area (Å²) in [6.45, 7) is 0.435. The van der Waals surface area contributed by atoms with E-state index < -0.39 is 11.9 Å². The number of carboxylic acids is 2. The summed E-state index contributed by atoms with van der Waals surface area (Å²) in [5, 5.41) is 20.7. The molecular weight excluding hydrogens is 404 g/mol. The SMILES string of the molecule is O=C(O)c1ccc2ccc3c(OCCCCBr)cc(C(=O)O)nc3c2n1. The van der Waals surface area contributed by atoms with Crippen molar-refractivity contribution in [3.05, 3.63) is 41.7 Å². The van der Waals surface area contributed by atoms with Crippen molar-refractivity contribution in [3.63, 3.8) is 0 Å². The Labute approximate surface area is 156 Å². The zero-order valence-corrected chi connectivity index (χ0v) is 15.2. The van der Waals surface area contributed by atoms with Crippen LogP contribution in [0.25, 0.3) is 21.8 Å². The summed E-state index contributed by atoms with van der Waals surface area (Å²) < 4.78 is 5.77. The average molecular weight is 419 g/mol. The smallest absolute Gasteiger partial charge is 0.354 e. The molecule has 0 amide bonds. The molecule has 1 aromatic carbocycles. The van der Waals surface area contributed by atoms with E-state index in [4.69, 9.17) is 4.74 Å². The van der Waals surface area contributed by atoms with Crippen LogP contribution in [-0.4, -0.2) is 44.1 Å². The Morgan fingerprint density at radius 1 is 0.962 bits per heavy atom. The molecule has 3 rings (SSSR count). The maximum absolute atomic E-state index is 11.4. The Morgan fingerprint density at radius 2 is 1.65 bits per heavy atom. The monoisotopic (exact) mass is 418 g/mol. The van der Waals surface area contributed by atoms with Gasteiger partial charge in [0.15, 0.2) is 5.69 Å². The number of aromatic nitrogens is 2. The lowest BCUT2D eigenvalue weighted by Gasteiger charge is -2.11. The van der Waals surface area contributed by atoms with Gasteiger partial charge in [-0.25, -0.2) is 19.6 Å². The molecule has 7 nitrogen and oxygen atoms in total. The van der Waals surface area contributed by atoms with Gasteiger partial charge in [-0.3, -0.25) is 0 Å². The molecule has 2 N–H and O–H groups in total. The fourth-order valence-electron chi connectivity index (χ4n) is 2.57. The van der Waals surface area contributed by atoms with E-state index in [1.165, 1.54) is 12.1 Å². The summed E-state index contributed by atoms with van der Waals surface area (Å²) in [7, 11) is 0. The van der Waals surface area contributed by atoms with Crippen LogP contribution in [0.15, 0.2) is 30.3 Å². The molecule has 2 heterocycles. The Kier molecular flexibility index (Phi) is 5.32. The number of carbonyl (C=O) groups is 2. The van der Waals surface area contributed by atoms with Crippen LogP contribution >= 0.6 is 15.9 Å². The Hall–Kier alpha value is -2.74. The molecule has 0 bridgehead atoms. The molecule has 0 aliphatic heterocycles. The topological polar surface area (TPSA) is 110 Å². The van der Waals surface area contributed by atoms with Gasteiger partial charge in [-0.05, 0) is 25.0 Å². The minimum Gasteiger partial charge on any atom is -0.493 e. The van der Waals surface area contributed by atoms with Crippen LogP contribution in [-0.2, 0) is 0 Å². The number of halogens is 1. The fraction of sp³-hybridized carbons (Fsp3) is 0.222. The van der Waals surface area contributed by atoms with Crippen LogP contribution in [0.1, 0.15) is 33.8 Å². The molecule has 0 spiro atoms. The Balaban J connectivity index is 2.20. The van der Waals surface area contributed by atoms with Crippen molar-refractivity contribution in [3.8, 4) is 5.75 Å². The molecule has 8 heteroatoms. The molecule has 3 aromatic rings. The minimum atomic E-state index is -1.19. The third-order valence-corrected chi connectivity index (χ3v) is 4.39. The first-order valence-electron chi connectivity index (χ1n) is 7.91. The molecule has 0 fully saturated rings. The van der Waals surface area contributed by atoms with E-state index in [-0.39, 0.29) is 11.4 Å². The number of fused-ring (bicyclic) bond motifs is 3. The van der Waals surface area contributed by atoms with Gasteiger partial charge in [0, 0.05) is 22.2 Å². The van der Waals surface area contributed by atoms with Crippen LogP contribution in [0.5, 0.6) is 5.75 Å². The van der Waals surface area contributed by atoms with Crippen molar-refractivity contribution in [2.45, 2.75) is 12.8 Å². The highest BCUT2D eigenvalue weighted by molar-refractivity contribution is 9.09. The van der Waals surface area contributed by atoms with Crippen molar-refractivity contribution in [1.29, 1.82) is 0 Å². The van der Waals surface area contributed by atoms with Crippen LogP contribution < -0.4 is 4.74 Å². The molecule has 0 saturated heterocycles. The lowest BCUT2D eigenvalue weighted by atomic mass is 10.1. The van der Waals surface area contributed by atoms with Crippen LogP contribution in [0.4, 0.5) is 0 Å². The first-order valence-corrected chi connectivity index (χ1v) is 9.03. The van der Waals surface area contributed by atoms with Gasteiger partial charge in [0.25, 0.3) is 0 Å². The van der Waals surface area contributed by atoms with Gasteiger partial charge in [-0.1, -0.05) is 28.1 Å². The minimum absolute atomic E-state index is 0.132. The number of carboxylic acid groups (broad SMARTS) is 2. The van der Waals surface area contributed by atoms with Crippen LogP contribution in [0.3, 0.4) is 0 Å². The van der Waals surface area contributed by atoms with E-state index in [1.807, 2.05) is 0 Å². The maximum atomic E-state index is 11.4. The van der Waals surface area contributed by atoms with E-state index in [2.05, 4.69) is 25.9 Å². The zero-order chi connectivity index (χ0) is 18.7. The molecule has 0 aliphatic rings. The maximum Gasteiger partial charge on any atom is 0.354 e. The van der Waals surface area contributed by atoms with Crippen molar-refractivity contribution in [2.24, 2.45) is 0 Å². The summed E-state index contributed by atoms with van der Waals surface area (Å²) in [5.74, 6) is -1.96. The third kappa shape index (κ3) is 3.60. The molecule has 0 saturated carbocycles. The van der Waals surface area contributed by atoms with Crippen LogP contribution in [0, 0.1) is 0 Å². The highest BCUT2D eigenvalue weighted by Gasteiger charge is 2.16. The standard InChI is InChI=1S/C18H15BrN2O5/c19-7-1-2-8-26-14-9-13(18(24)25)21-16-11(14)5-3-10-4-6-12(17(22)23)20-15(10)16/h3-6,9H,1-2,7-8H2,(H,22,23)(H,24,25). The first kappa shape index (κ1) is 18.1. The highest BCUT2D eigenvalue weighted by atomic mass is 79.9. The van der Waals surface area contributed by atoms with Crippen molar-refractivity contribution >= 4 is 49.7 Å². The number of unbranched alkanes of at least 4 members (excludes halogenated alkanes) is 1. The second kappa shape index (κ2) is 7.65. The van der Waals surface area contributed by atoms with Crippen molar-refractivity contribution in [1.82, 2.24) is 9.97 Å². The number of hydrogen-bond acceptors (Lipinski definition) is 5. The van der Waals surface area contributed by atoms with Gasteiger partial charge in [0.2, 0.25) is 0 Å². The molecule has 0 radical (unpaired) electrons. The third-order valence-electron chi connectivity index (χ3n) is 3.82. The second-order valence-corrected chi connectivity index (χ2v) is 6.38. The number of pyridine rings is 2. The lowest BCUT2D eigenvalue weighted by Crippen LogP contribution is -2.05. The summed E-state index contributed by atoms with van der Waals surface area (Å²) in [6.07, 6.45) is 1.74. The quantitative estimate of drug-likeness (QED) is 0.341. The molecule has 0 unspecified atom stereocenters. The molecule has 0 aliphatic carbocycles. The van der Waals surface area contributed by atoms with E-state index >= 15 is 0 Å². The van der Waals surface area contributed by atoms with Gasteiger partial charge < -0.3 is 14.9 Å². The Bertz CT molecular complexity index is 1010. The van der Waals surface area contributed by atoms with E-state index in [1.54, 1.807) is 18.2 Å². The zero-order valence-electron chi connectivity index (χ0n) is 13.6. The van der Waals surface area contributed by atoms with Crippen LogP contribution in [0.2, 0.25) is 0 Å². The number of benzene rings is 1. The first-order chi connectivity index (χ1) is 12.5. The largest absolute Gasteiger partial charge is 0.493 e. The van der Waals surface area contributed by atoms with Gasteiger partial charge in [0.05, 0.1) is 12.1 Å². The molecule has 26 heavy (non-hydrogen) atoms. The lowest BCUT2D eigenvalue weighted by molar-refractivity contribution is 0.0680. The van der Waals surface area contributed by atoms with E-state index in [0.717, 1.165) is 18.2 Å². The van der Waals surface area contributed by atoms with Gasteiger partial charge in [0.1, 0.15) is 17.0 Å². The van der Waals surface area contributed by atoms with E-state index in [0.29, 0.717) is 34.2 Å². The summed E-state index contributed by atoms with van der Waals surface area (Å²) in [6, 6.07) is 7.96. The normalized spacial score (nSPS) is 11.0.